The summed E-state index contributed by atoms with van der Waals surface area (Å²) in [5.41, 5.74) is 0.310. The van der Waals surface area contributed by atoms with E-state index in [1.807, 2.05) is 29.2 Å². The highest BCUT2D eigenvalue weighted by Gasteiger charge is 2.43. The highest BCUT2D eigenvalue weighted by molar-refractivity contribution is 6.32. The molecule has 1 heterocycles. The van der Waals surface area contributed by atoms with Crippen LogP contribution in [0.15, 0.2) is 30.3 Å². The van der Waals surface area contributed by atoms with Gasteiger partial charge < -0.3 is 10.0 Å². The molecule has 3 nitrogen and oxygen atoms in total. The number of fused-ring (bicyclic) bond motifs is 1. The number of hydrogen-bond acceptors (Lipinski definition) is 2. The van der Waals surface area contributed by atoms with Gasteiger partial charge in [-0.1, -0.05) is 42.6 Å². The second kappa shape index (κ2) is 6.43. The topological polar surface area (TPSA) is 40.5 Å². The highest BCUT2D eigenvalue weighted by Crippen LogP contribution is 2.39. The molecule has 1 saturated heterocycles. The zero-order valence-electron chi connectivity index (χ0n) is 12.7. The smallest absolute Gasteiger partial charge is 0.246 e. The molecule has 22 heavy (non-hydrogen) atoms. The fourth-order valence-electron chi connectivity index (χ4n) is 3.65. The van der Waals surface area contributed by atoms with Gasteiger partial charge in [0.2, 0.25) is 5.91 Å². The summed E-state index contributed by atoms with van der Waals surface area (Å²) in [6, 6.07) is 7.48. The summed E-state index contributed by atoms with van der Waals surface area (Å²) in [6.07, 6.45) is 8.23. The number of aliphatic hydroxyl groups is 1. The van der Waals surface area contributed by atoms with E-state index in [0.717, 1.165) is 31.2 Å². The molecule has 0 radical (unpaired) electrons. The minimum Gasteiger partial charge on any atom is -0.389 e. The van der Waals surface area contributed by atoms with Crippen molar-refractivity contribution in [3.05, 3.63) is 40.9 Å². The number of amides is 1. The van der Waals surface area contributed by atoms with Crippen LogP contribution >= 0.6 is 11.6 Å². The molecule has 4 heteroatoms. The summed E-state index contributed by atoms with van der Waals surface area (Å²) >= 11 is 6.09. The summed E-state index contributed by atoms with van der Waals surface area (Å²) in [7, 11) is 0. The van der Waals surface area contributed by atoms with E-state index in [1.165, 1.54) is 0 Å². The zero-order valence-corrected chi connectivity index (χ0v) is 13.4. The molecule has 2 unspecified atom stereocenters. The van der Waals surface area contributed by atoms with Crippen molar-refractivity contribution in [2.75, 3.05) is 13.1 Å². The van der Waals surface area contributed by atoms with Crippen molar-refractivity contribution in [2.24, 2.45) is 5.92 Å². The quantitative estimate of drug-likeness (QED) is 0.847. The number of carbonyl (C=O) groups excluding carboxylic acids is 1. The molecule has 2 atom stereocenters. The SMILES string of the molecule is O=C(C=Cc1ccccc1Cl)N1CCC2(O)CCCCC2C1. The number of hydrogen-bond donors (Lipinski definition) is 1. The van der Waals surface area contributed by atoms with Gasteiger partial charge in [0.15, 0.2) is 0 Å². The van der Waals surface area contributed by atoms with Gasteiger partial charge in [0.25, 0.3) is 0 Å². The molecule has 2 fully saturated rings. The molecule has 1 saturated carbocycles. The number of piperidine rings is 1. The van der Waals surface area contributed by atoms with Gasteiger partial charge in [-0.15, -0.1) is 0 Å². The maximum Gasteiger partial charge on any atom is 0.246 e. The van der Waals surface area contributed by atoms with Crippen LogP contribution in [-0.4, -0.2) is 34.6 Å². The van der Waals surface area contributed by atoms with E-state index in [1.54, 1.807) is 12.2 Å². The first kappa shape index (κ1) is 15.6. The number of carbonyl (C=O) groups is 1. The zero-order chi connectivity index (χ0) is 15.6. The molecule has 1 N–H and O–H groups in total. The maximum atomic E-state index is 12.4. The molecule has 0 spiro atoms. The van der Waals surface area contributed by atoms with Crippen LogP contribution in [0.5, 0.6) is 0 Å². The molecule has 1 aliphatic carbocycles. The Hall–Kier alpha value is -1.32. The number of rotatable bonds is 2. The largest absolute Gasteiger partial charge is 0.389 e. The van der Waals surface area contributed by atoms with Crippen molar-refractivity contribution in [1.29, 1.82) is 0 Å². The Labute approximate surface area is 136 Å². The summed E-state index contributed by atoms with van der Waals surface area (Å²) in [5.74, 6) is 0.236. The van der Waals surface area contributed by atoms with Gasteiger partial charge in [0, 0.05) is 30.1 Å². The number of benzene rings is 1. The Kier molecular flexibility index (Phi) is 4.55. The van der Waals surface area contributed by atoms with Gasteiger partial charge in [-0.2, -0.15) is 0 Å². The number of halogens is 1. The summed E-state index contributed by atoms with van der Waals surface area (Å²) in [6.45, 7) is 1.31. The first-order valence-electron chi connectivity index (χ1n) is 8.02. The minimum absolute atomic E-state index is 0.00698. The first-order valence-corrected chi connectivity index (χ1v) is 8.40. The van der Waals surface area contributed by atoms with Gasteiger partial charge in [0.1, 0.15) is 0 Å². The van der Waals surface area contributed by atoms with Crippen molar-refractivity contribution in [2.45, 2.75) is 37.7 Å². The molecule has 1 aliphatic heterocycles. The Morgan fingerprint density at radius 1 is 1.32 bits per heavy atom. The molecule has 1 aromatic carbocycles. The van der Waals surface area contributed by atoms with Gasteiger partial charge >= 0.3 is 0 Å². The lowest BCUT2D eigenvalue weighted by Gasteiger charge is -2.47. The van der Waals surface area contributed by atoms with Crippen LogP contribution in [0.3, 0.4) is 0 Å². The molecular weight excluding hydrogens is 298 g/mol. The average molecular weight is 320 g/mol. The molecule has 0 aromatic heterocycles. The van der Waals surface area contributed by atoms with Gasteiger partial charge in [-0.05, 0) is 37.0 Å². The fraction of sp³-hybridized carbons (Fsp3) is 0.500. The molecule has 0 bridgehead atoms. The van der Waals surface area contributed by atoms with E-state index < -0.39 is 5.60 Å². The van der Waals surface area contributed by atoms with Crippen molar-refractivity contribution in [3.63, 3.8) is 0 Å². The monoisotopic (exact) mass is 319 g/mol. The van der Waals surface area contributed by atoms with E-state index in [0.29, 0.717) is 24.5 Å². The molecule has 1 aromatic rings. The third-order valence-electron chi connectivity index (χ3n) is 5.05. The van der Waals surface area contributed by atoms with Crippen LogP contribution in [0.4, 0.5) is 0 Å². The Morgan fingerprint density at radius 2 is 2.14 bits per heavy atom. The predicted octanol–water partition coefficient (Wildman–Crippen LogP) is 3.51. The second-order valence-electron chi connectivity index (χ2n) is 6.44. The van der Waals surface area contributed by atoms with Crippen LogP contribution in [-0.2, 0) is 4.79 Å². The molecule has 1 amide bonds. The number of likely N-dealkylation sites (tertiary alicyclic amines) is 1. The Morgan fingerprint density at radius 3 is 2.95 bits per heavy atom. The van der Waals surface area contributed by atoms with E-state index in [9.17, 15) is 9.90 Å². The van der Waals surface area contributed by atoms with Crippen molar-refractivity contribution < 1.29 is 9.90 Å². The fourth-order valence-corrected chi connectivity index (χ4v) is 3.85. The summed E-state index contributed by atoms with van der Waals surface area (Å²) in [5, 5.41) is 11.3. The van der Waals surface area contributed by atoms with E-state index in [-0.39, 0.29) is 11.8 Å². The maximum absolute atomic E-state index is 12.4. The van der Waals surface area contributed by atoms with E-state index >= 15 is 0 Å². The van der Waals surface area contributed by atoms with Crippen LogP contribution in [0.2, 0.25) is 5.02 Å². The van der Waals surface area contributed by atoms with Gasteiger partial charge in [-0.25, -0.2) is 0 Å². The summed E-state index contributed by atoms with van der Waals surface area (Å²) < 4.78 is 0. The Balaban J connectivity index is 1.65. The lowest BCUT2D eigenvalue weighted by atomic mass is 9.71. The molecule has 118 valence electrons. The van der Waals surface area contributed by atoms with Gasteiger partial charge in [0.05, 0.1) is 5.60 Å². The van der Waals surface area contributed by atoms with Crippen LogP contribution in [0, 0.1) is 5.92 Å². The molecular formula is C18H22ClNO2. The summed E-state index contributed by atoms with van der Waals surface area (Å²) in [4.78, 5) is 14.2. The van der Waals surface area contributed by atoms with E-state index in [4.69, 9.17) is 11.6 Å². The standard InChI is InChI=1S/C18H22ClNO2/c19-16-7-2-1-5-14(16)8-9-17(21)20-12-11-18(22)10-4-3-6-15(18)13-20/h1-2,5,7-9,15,22H,3-4,6,10-13H2. The van der Waals surface area contributed by atoms with Crippen molar-refractivity contribution >= 4 is 23.6 Å². The predicted molar refractivity (Wildman–Crippen MR) is 88.6 cm³/mol. The first-order chi connectivity index (χ1) is 10.6. The van der Waals surface area contributed by atoms with Crippen LogP contribution < -0.4 is 0 Å². The average Bonchev–Trinajstić information content (AvgIpc) is 2.53. The number of nitrogens with zero attached hydrogens (tertiary/aromatic N) is 1. The lowest BCUT2D eigenvalue weighted by Crippen LogP contribution is -2.54. The minimum atomic E-state index is -0.540. The van der Waals surface area contributed by atoms with Crippen molar-refractivity contribution in [1.82, 2.24) is 4.90 Å². The Bertz CT molecular complexity index is 586. The third-order valence-corrected chi connectivity index (χ3v) is 5.39. The third kappa shape index (κ3) is 3.21. The van der Waals surface area contributed by atoms with Crippen LogP contribution in [0.25, 0.3) is 6.08 Å². The normalized spacial score (nSPS) is 28.6. The molecule has 2 aliphatic rings. The molecule has 3 rings (SSSR count). The lowest BCUT2D eigenvalue weighted by molar-refractivity contribution is -0.138. The second-order valence-corrected chi connectivity index (χ2v) is 6.84. The van der Waals surface area contributed by atoms with E-state index in [2.05, 4.69) is 0 Å². The highest BCUT2D eigenvalue weighted by atomic mass is 35.5. The van der Waals surface area contributed by atoms with Gasteiger partial charge in [-0.3, -0.25) is 4.79 Å². The van der Waals surface area contributed by atoms with Crippen molar-refractivity contribution in [3.8, 4) is 0 Å². The van der Waals surface area contributed by atoms with Crippen LogP contribution in [0.1, 0.15) is 37.7 Å².